The lowest BCUT2D eigenvalue weighted by atomic mass is 9.93. The number of ether oxygens (including phenoxy) is 2. The van der Waals surface area contributed by atoms with Crippen molar-refractivity contribution in [1.29, 1.82) is 0 Å². The molecule has 6 heteroatoms. The summed E-state index contributed by atoms with van der Waals surface area (Å²) in [5.74, 6) is -0.254. The Labute approximate surface area is 85.6 Å². The van der Waals surface area contributed by atoms with Crippen molar-refractivity contribution in [3.05, 3.63) is 0 Å². The molecular weight excluding hydrogens is 207 g/mol. The largest absolute Gasteiger partial charge is 0.390 e. The summed E-state index contributed by atoms with van der Waals surface area (Å²) in [6, 6.07) is 0. The summed E-state index contributed by atoms with van der Waals surface area (Å²) in [5.41, 5.74) is 0. The lowest BCUT2D eigenvalue weighted by Gasteiger charge is -2.40. The minimum atomic E-state index is -0.933. The molecule has 5 nitrogen and oxygen atoms in total. The Morgan fingerprint density at radius 1 is 1.36 bits per heavy atom. The second kappa shape index (κ2) is 5.35. The first-order valence-corrected chi connectivity index (χ1v) is 4.95. The molecule has 0 radical (unpaired) electrons. The second-order valence-corrected chi connectivity index (χ2v) is 3.79. The van der Waals surface area contributed by atoms with E-state index < -0.39 is 24.6 Å². The van der Waals surface area contributed by atoms with E-state index in [9.17, 15) is 10.2 Å². The molecule has 0 bridgehead atoms. The highest BCUT2D eigenvalue weighted by molar-refractivity contribution is 7.09. The van der Waals surface area contributed by atoms with Gasteiger partial charge in [-0.15, -0.1) is 0 Å². The van der Waals surface area contributed by atoms with Crippen LogP contribution in [0, 0.1) is 5.92 Å². The Kier molecular flexibility index (Phi) is 4.70. The van der Waals surface area contributed by atoms with E-state index in [1.54, 1.807) is 6.92 Å². The molecule has 1 fully saturated rings. The number of hydrogen-bond acceptors (Lipinski definition) is 5. The zero-order valence-corrected chi connectivity index (χ0v) is 9.45. The lowest BCUT2D eigenvalue weighted by molar-refractivity contribution is -0.273. The van der Waals surface area contributed by atoms with Crippen molar-refractivity contribution >= 4 is 9.47 Å². The van der Waals surface area contributed by atoms with Gasteiger partial charge in [0.1, 0.15) is 12.2 Å². The first kappa shape index (κ1) is 12.3. The number of aliphatic hydroxyl groups excluding tert-OH is 2. The minimum absolute atomic E-state index is 0.204. The van der Waals surface area contributed by atoms with E-state index in [0.29, 0.717) is 0 Å². The average Bonchev–Trinajstić information content (AvgIpc) is 2.19. The summed E-state index contributed by atoms with van der Waals surface area (Å²) in [7, 11) is 3.58. The molecule has 2 N–H and O–H groups in total. The Morgan fingerprint density at radius 2 is 2.00 bits per heavy atom. The van der Waals surface area contributed by atoms with Crippen LogP contribution in [0.5, 0.6) is 0 Å². The van der Waals surface area contributed by atoms with Crippen molar-refractivity contribution in [1.82, 2.24) is 0 Å². The van der Waals surface area contributed by atoms with Gasteiger partial charge in [0.2, 0.25) is 0 Å². The molecule has 0 aliphatic carbocycles. The van der Waals surface area contributed by atoms with Crippen LogP contribution in [0.4, 0.5) is 0 Å². The molecule has 0 aromatic heterocycles. The second-order valence-electron chi connectivity index (χ2n) is 3.45. The van der Waals surface area contributed by atoms with Gasteiger partial charge in [0.05, 0.1) is 12.7 Å². The van der Waals surface area contributed by atoms with Crippen LogP contribution < -0.4 is 0 Å². The fourth-order valence-corrected chi connectivity index (χ4v) is 1.76. The maximum absolute atomic E-state index is 9.67. The Balaban J connectivity index is 2.63. The van der Waals surface area contributed by atoms with E-state index in [2.05, 4.69) is 9.47 Å². The zero-order valence-electron chi connectivity index (χ0n) is 8.29. The summed E-state index contributed by atoms with van der Waals surface area (Å²) in [4.78, 5) is 0. The van der Waals surface area contributed by atoms with Crippen LogP contribution in [0.25, 0.3) is 0 Å². The number of methoxy groups -OCH3 is 1. The van der Waals surface area contributed by atoms with Gasteiger partial charge in [-0.05, 0) is 0 Å². The van der Waals surface area contributed by atoms with Crippen molar-refractivity contribution < 1.29 is 24.2 Å². The molecule has 0 aromatic rings. The fourth-order valence-electron chi connectivity index (χ4n) is 1.57. The normalized spacial score (nSPS) is 43.9. The van der Waals surface area contributed by atoms with E-state index in [-0.39, 0.29) is 12.5 Å². The summed E-state index contributed by atoms with van der Waals surface area (Å²) in [5, 5.41) is 19.3. The van der Waals surface area contributed by atoms with Crippen LogP contribution in [-0.4, -0.2) is 48.5 Å². The van der Waals surface area contributed by atoms with Gasteiger partial charge in [-0.1, -0.05) is 6.92 Å². The smallest absolute Gasteiger partial charge is 0.162 e. The SMILES string of the molecule is CO[C@@H]1O[C@H](COP)[C@@H](O)[C@H](O)[C@H]1C. The summed E-state index contributed by atoms with van der Waals surface area (Å²) < 4.78 is 15.2. The average molecular weight is 224 g/mol. The molecule has 1 saturated heterocycles. The number of hydrogen-bond donors (Lipinski definition) is 2. The van der Waals surface area contributed by atoms with E-state index in [0.717, 1.165) is 0 Å². The first-order chi connectivity index (χ1) is 6.61. The summed E-state index contributed by atoms with van der Waals surface area (Å²) >= 11 is 0. The molecule has 1 unspecified atom stereocenters. The summed E-state index contributed by atoms with van der Waals surface area (Å²) in [6.07, 6.45) is -2.84. The molecule has 84 valence electrons. The molecule has 14 heavy (non-hydrogen) atoms. The molecule has 0 saturated carbocycles. The first-order valence-electron chi connectivity index (χ1n) is 4.48. The third-order valence-electron chi connectivity index (χ3n) is 2.50. The highest BCUT2D eigenvalue weighted by Gasteiger charge is 2.42. The zero-order chi connectivity index (χ0) is 10.7. The van der Waals surface area contributed by atoms with Gasteiger partial charge in [-0.3, -0.25) is 0 Å². The molecule has 0 aromatic carbocycles. The van der Waals surface area contributed by atoms with Gasteiger partial charge in [0.15, 0.2) is 6.29 Å². The van der Waals surface area contributed by atoms with E-state index in [1.165, 1.54) is 7.11 Å². The van der Waals surface area contributed by atoms with Gasteiger partial charge >= 0.3 is 0 Å². The van der Waals surface area contributed by atoms with Gasteiger partial charge in [0, 0.05) is 22.5 Å². The van der Waals surface area contributed by atoms with Crippen molar-refractivity contribution in [2.75, 3.05) is 13.7 Å². The predicted molar refractivity (Wildman–Crippen MR) is 52.5 cm³/mol. The third kappa shape index (κ3) is 2.42. The third-order valence-corrected chi connectivity index (χ3v) is 2.69. The minimum Gasteiger partial charge on any atom is -0.390 e. The monoisotopic (exact) mass is 224 g/mol. The Bertz CT molecular complexity index is 175. The van der Waals surface area contributed by atoms with Crippen LogP contribution >= 0.6 is 9.47 Å². The standard InChI is InChI=1S/C8H17O5P/c1-4-6(9)7(10)5(3-12-14)13-8(4)11-2/h4-10H,3,14H2,1-2H3/t4-,5-,6-,7-,8-/m1/s1. The van der Waals surface area contributed by atoms with Crippen molar-refractivity contribution in [2.45, 2.75) is 31.5 Å². The highest BCUT2D eigenvalue weighted by atomic mass is 31.0. The van der Waals surface area contributed by atoms with Crippen LogP contribution in [0.2, 0.25) is 0 Å². The molecule has 0 spiro atoms. The molecule has 6 atom stereocenters. The Hall–Kier alpha value is 0.230. The molecule has 1 rings (SSSR count). The fraction of sp³-hybridized carbons (Fsp3) is 1.00. The maximum atomic E-state index is 9.67. The van der Waals surface area contributed by atoms with E-state index in [1.807, 2.05) is 0 Å². The van der Waals surface area contributed by atoms with Gasteiger partial charge < -0.3 is 24.2 Å². The van der Waals surface area contributed by atoms with Crippen LogP contribution in [0.3, 0.4) is 0 Å². The van der Waals surface area contributed by atoms with Gasteiger partial charge in [-0.2, -0.15) is 0 Å². The number of aliphatic hydroxyl groups is 2. The molecule has 1 aliphatic heterocycles. The van der Waals surface area contributed by atoms with Gasteiger partial charge in [0.25, 0.3) is 0 Å². The lowest BCUT2D eigenvalue weighted by Crippen LogP contribution is -2.55. The van der Waals surface area contributed by atoms with Crippen LogP contribution in [0.15, 0.2) is 0 Å². The topological polar surface area (TPSA) is 68.2 Å². The molecule has 1 heterocycles. The predicted octanol–water partition coefficient (Wildman–Crippen LogP) is -0.478. The van der Waals surface area contributed by atoms with Crippen LogP contribution in [-0.2, 0) is 14.0 Å². The molecule has 1 aliphatic rings. The highest BCUT2D eigenvalue weighted by Crippen LogP contribution is 2.26. The number of rotatable bonds is 3. The summed E-state index contributed by atoms with van der Waals surface area (Å²) in [6.45, 7) is 1.97. The molecular formula is C8H17O5P. The quantitative estimate of drug-likeness (QED) is 0.634. The van der Waals surface area contributed by atoms with E-state index in [4.69, 9.17) is 14.0 Å². The van der Waals surface area contributed by atoms with Crippen molar-refractivity contribution in [2.24, 2.45) is 5.92 Å². The Morgan fingerprint density at radius 3 is 2.50 bits per heavy atom. The van der Waals surface area contributed by atoms with Crippen molar-refractivity contribution in [3.63, 3.8) is 0 Å². The van der Waals surface area contributed by atoms with Crippen molar-refractivity contribution in [3.8, 4) is 0 Å². The molecule has 0 amide bonds. The van der Waals surface area contributed by atoms with Crippen LogP contribution in [0.1, 0.15) is 6.92 Å². The maximum Gasteiger partial charge on any atom is 0.162 e. The van der Waals surface area contributed by atoms with Gasteiger partial charge in [-0.25, -0.2) is 0 Å². The van der Waals surface area contributed by atoms with E-state index >= 15 is 0 Å².